The molecule has 0 aliphatic rings. The molecule has 5 N–H and O–H groups in total. The normalized spacial score (nSPS) is 10.4. The van der Waals surface area contributed by atoms with Gasteiger partial charge in [-0.05, 0) is 26.0 Å². The van der Waals surface area contributed by atoms with Gasteiger partial charge < -0.3 is 11.5 Å². The Bertz CT molecular complexity index is 570. The van der Waals surface area contributed by atoms with E-state index in [-0.39, 0.29) is 5.96 Å². The maximum atomic E-state index is 5.35. The molecule has 0 amide bonds. The summed E-state index contributed by atoms with van der Waals surface area (Å²) in [5.74, 6) is 0.514. The molecule has 0 unspecified atom stereocenters. The minimum Gasteiger partial charge on any atom is -0.323 e. The lowest BCUT2D eigenvalue weighted by Crippen LogP contribution is -2.73. The summed E-state index contributed by atoms with van der Waals surface area (Å²) in [6.45, 7) is 3.97. The molecule has 0 saturated heterocycles. The summed E-state index contributed by atoms with van der Waals surface area (Å²) in [7, 11) is 0. The van der Waals surface area contributed by atoms with Crippen molar-refractivity contribution in [2.75, 3.05) is 0 Å². The average Bonchev–Trinajstić information content (AvgIpc) is 2.18. The predicted molar refractivity (Wildman–Crippen MR) is 63.0 cm³/mol. The summed E-state index contributed by atoms with van der Waals surface area (Å²) in [5, 5.41) is 1.04. The Labute approximate surface area is 93.2 Å². The molecule has 1 aromatic heterocycles. The quantitative estimate of drug-likeness (QED) is 0.431. The molecule has 0 atom stereocenters. The maximum Gasteiger partial charge on any atom is 0.354 e. The van der Waals surface area contributed by atoms with Crippen LogP contribution in [0.2, 0.25) is 0 Å². The first-order valence-electron chi connectivity index (χ1n) is 4.96. The van der Waals surface area contributed by atoms with Crippen molar-refractivity contribution < 1.29 is 4.99 Å². The fraction of sp³-hybridized carbons (Fsp3) is 0.182. The van der Waals surface area contributed by atoms with Gasteiger partial charge in [-0.3, -0.25) is 0 Å². The van der Waals surface area contributed by atoms with Gasteiger partial charge in [0.05, 0.1) is 5.69 Å². The van der Waals surface area contributed by atoms with Crippen molar-refractivity contribution in [1.82, 2.24) is 9.97 Å². The SMILES string of the molecule is Cc1ccc2nc([NH+]=C(N)N)nc(C)c2c1. The number of benzene rings is 1. The van der Waals surface area contributed by atoms with E-state index in [0.29, 0.717) is 5.95 Å². The minimum atomic E-state index is 0.0888. The lowest BCUT2D eigenvalue weighted by atomic mass is 10.1. The van der Waals surface area contributed by atoms with Crippen LogP contribution in [0.15, 0.2) is 18.2 Å². The summed E-state index contributed by atoms with van der Waals surface area (Å²) in [5.41, 5.74) is 13.7. The zero-order valence-electron chi connectivity index (χ0n) is 9.28. The third-order valence-corrected chi connectivity index (χ3v) is 2.30. The molecule has 0 saturated carbocycles. The molecular formula is C11H14N5+. The summed E-state index contributed by atoms with van der Waals surface area (Å²) in [4.78, 5) is 11.3. The highest BCUT2D eigenvalue weighted by Crippen LogP contribution is 2.16. The summed E-state index contributed by atoms with van der Waals surface area (Å²) >= 11 is 0. The van der Waals surface area contributed by atoms with E-state index in [1.165, 1.54) is 5.56 Å². The van der Waals surface area contributed by atoms with Gasteiger partial charge in [0.15, 0.2) is 0 Å². The van der Waals surface area contributed by atoms with Gasteiger partial charge in [-0.2, -0.15) is 0 Å². The molecule has 1 aromatic carbocycles. The van der Waals surface area contributed by atoms with Crippen LogP contribution >= 0.6 is 0 Å². The Morgan fingerprint density at radius 1 is 1.19 bits per heavy atom. The number of nitrogens with two attached hydrogens (primary N) is 2. The van der Waals surface area contributed by atoms with E-state index >= 15 is 0 Å². The molecule has 1 heterocycles. The molecule has 2 aromatic rings. The van der Waals surface area contributed by atoms with Crippen LogP contribution in [-0.4, -0.2) is 15.9 Å². The fourth-order valence-electron chi connectivity index (χ4n) is 1.58. The van der Waals surface area contributed by atoms with Crippen LogP contribution in [0.4, 0.5) is 5.95 Å². The van der Waals surface area contributed by atoms with Crippen molar-refractivity contribution in [3.05, 3.63) is 29.5 Å². The van der Waals surface area contributed by atoms with E-state index < -0.39 is 0 Å². The Morgan fingerprint density at radius 2 is 1.94 bits per heavy atom. The first-order chi connectivity index (χ1) is 7.56. The van der Waals surface area contributed by atoms with Crippen molar-refractivity contribution in [1.29, 1.82) is 0 Å². The van der Waals surface area contributed by atoms with Crippen LogP contribution in [-0.2, 0) is 0 Å². The highest BCUT2D eigenvalue weighted by Gasteiger charge is 2.08. The Kier molecular flexibility index (Phi) is 2.44. The summed E-state index contributed by atoms with van der Waals surface area (Å²) < 4.78 is 0. The molecule has 0 fully saturated rings. The summed E-state index contributed by atoms with van der Waals surface area (Å²) in [6, 6.07) is 6.02. The lowest BCUT2D eigenvalue weighted by Gasteiger charge is -1.99. The lowest BCUT2D eigenvalue weighted by molar-refractivity contribution is -0.366. The number of hydrogen-bond donors (Lipinski definition) is 3. The number of rotatable bonds is 1. The number of nitrogens with one attached hydrogen (secondary N) is 1. The molecule has 0 spiro atoms. The number of hydrogen-bond acceptors (Lipinski definition) is 2. The van der Waals surface area contributed by atoms with E-state index in [0.717, 1.165) is 16.6 Å². The Hall–Kier alpha value is -2.17. The number of aromatic nitrogens is 2. The van der Waals surface area contributed by atoms with Crippen molar-refractivity contribution in [3.8, 4) is 0 Å². The molecule has 82 valence electrons. The zero-order valence-corrected chi connectivity index (χ0v) is 9.28. The highest BCUT2D eigenvalue weighted by molar-refractivity contribution is 5.82. The molecule has 5 heteroatoms. The van der Waals surface area contributed by atoms with Gasteiger partial charge >= 0.3 is 5.95 Å². The Balaban J connectivity index is 2.68. The molecule has 0 radical (unpaired) electrons. The van der Waals surface area contributed by atoms with Crippen LogP contribution < -0.4 is 16.5 Å². The van der Waals surface area contributed by atoms with E-state index in [1.54, 1.807) is 0 Å². The minimum absolute atomic E-state index is 0.0888. The third-order valence-electron chi connectivity index (χ3n) is 2.30. The van der Waals surface area contributed by atoms with Gasteiger partial charge in [0.25, 0.3) is 5.96 Å². The second kappa shape index (κ2) is 3.77. The molecule has 16 heavy (non-hydrogen) atoms. The fourth-order valence-corrected chi connectivity index (χ4v) is 1.58. The van der Waals surface area contributed by atoms with Crippen molar-refractivity contribution in [2.45, 2.75) is 13.8 Å². The van der Waals surface area contributed by atoms with Crippen molar-refractivity contribution in [2.24, 2.45) is 11.5 Å². The number of aryl methyl sites for hydroxylation is 2. The van der Waals surface area contributed by atoms with E-state index in [9.17, 15) is 0 Å². The largest absolute Gasteiger partial charge is 0.354 e. The smallest absolute Gasteiger partial charge is 0.323 e. The summed E-state index contributed by atoms with van der Waals surface area (Å²) in [6.07, 6.45) is 0. The number of guanidine groups is 1. The molecular weight excluding hydrogens is 202 g/mol. The molecule has 0 aliphatic carbocycles. The van der Waals surface area contributed by atoms with Gasteiger partial charge in [-0.25, -0.2) is 4.99 Å². The predicted octanol–water partition coefficient (Wildman–Crippen LogP) is -0.768. The van der Waals surface area contributed by atoms with Crippen LogP contribution in [0.1, 0.15) is 11.3 Å². The van der Waals surface area contributed by atoms with E-state index in [1.807, 2.05) is 26.0 Å². The van der Waals surface area contributed by atoms with Crippen LogP contribution in [0, 0.1) is 13.8 Å². The highest BCUT2D eigenvalue weighted by atomic mass is 15.1. The van der Waals surface area contributed by atoms with E-state index in [2.05, 4.69) is 21.0 Å². The average molecular weight is 216 g/mol. The zero-order chi connectivity index (χ0) is 11.7. The molecule has 0 bridgehead atoms. The first-order valence-corrected chi connectivity index (χ1v) is 4.96. The Morgan fingerprint density at radius 3 is 2.62 bits per heavy atom. The molecule has 2 rings (SSSR count). The van der Waals surface area contributed by atoms with Crippen molar-refractivity contribution in [3.63, 3.8) is 0 Å². The third kappa shape index (κ3) is 1.93. The van der Waals surface area contributed by atoms with Crippen molar-refractivity contribution >= 4 is 22.8 Å². The first kappa shape index (κ1) is 10.4. The van der Waals surface area contributed by atoms with E-state index in [4.69, 9.17) is 11.5 Å². The second-order valence-electron chi connectivity index (χ2n) is 3.73. The molecule has 0 aliphatic heterocycles. The van der Waals surface area contributed by atoms with Gasteiger partial charge in [-0.1, -0.05) is 11.6 Å². The second-order valence-corrected chi connectivity index (χ2v) is 3.73. The van der Waals surface area contributed by atoms with Crippen LogP contribution in [0.3, 0.4) is 0 Å². The van der Waals surface area contributed by atoms with Gasteiger partial charge in [0, 0.05) is 5.39 Å². The van der Waals surface area contributed by atoms with Gasteiger partial charge in [-0.15, -0.1) is 9.97 Å². The van der Waals surface area contributed by atoms with Gasteiger partial charge in [0.1, 0.15) is 5.52 Å². The van der Waals surface area contributed by atoms with Crippen LogP contribution in [0.25, 0.3) is 10.9 Å². The standard InChI is InChI=1S/C11H13N5/c1-6-3-4-9-8(5-6)7(2)14-11(15-9)16-10(12)13/h3-5H,1-2H3,(H4,12,13,14,15,16)/p+1. The van der Waals surface area contributed by atoms with Crippen LogP contribution in [0.5, 0.6) is 0 Å². The maximum absolute atomic E-state index is 5.35. The monoisotopic (exact) mass is 216 g/mol. The topological polar surface area (TPSA) is 91.8 Å². The number of nitrogens with zero attached hydrogens (tertiary/aromatic N) is 2. The molecule has 5 nitrogen and oxygen atoms in total. The van der Waals surface area contributed by atoms with Gasteiger partial charge in [0.2, 0.25) is 0 Å². The number of fused-ring (bicyclic) bond motifs is 1.